The summed E-state index contributed by atoms with van der Waals surface area (Å²) in [6, 6.07) is 22.2. The van der Waals surface area contributed by atoms with Crippen molar-refractivity contribution in [3.05, 3.63) is 90.0 Å². The van der Waals surface area contributed by atoms with Crippen molar-refractivity contribution in [3.63, 3.8) is 0 Å². The van der Waals surface area contributed by atoms with Gasteiger partial charge in [0.15, 0.2) is 5.92 Å². The molecule has 0 fully saturated rings. The van der Waals surface area contributed by atoms with Gasteiger partial charge in [0.2, 0.25) is 0 Å². The van der Waals surface area contributed by atoms with Crippen LogP contribution in [0.1, 0.15) is 30.9 Å². The summed E-state index contributed by atoms with van der Waals surface area (Å²) in [5, 5.41) is 19.1. The van der Waals surface area contributed by atoms with Crippen LogP contribution in [0.25, 0.3) is 0 Å². The zero-order chi connectivity index (χ0) is 28.0. The molecular weight excluding hydrogens is 504 g/mol. The summed E-state index contributed by atoms with van der Waals surface area (Å²) >= 11 is 0. The maximum absolute atomic E-state index is 12.4. The molecular formula is C30H32O9. The molecule has 0 saturated carbocycles. The normalized spacial score (nSPS) is 12.2. The summed E-state index contributed by atoms with van der Waals surface area (Å²) in [5.74, 6) is -2.46. The number of rotatable bonds is 15. The number of carbonyl (C=O) groups excluding carboxylic acids is 2. The molecule has 0 aliphatic heterocycles. The molecule has 0 heterocycles. The van der Waals surface area contributed by atoms with Crippen LogP contribution in [0, 0.1) is 5.92 Å². The predicted molar refractivity (Wildman–Crippen MR) is 141 cm³/mol. The maximum Gasteiger partial charge on any atom is 0.320 e. The number of aliphatic hydroxyl groups excluding tert-OH is 1. The summed E-state index contributed by atoms with van der Waals surface area (Å²) in [5.41, 5.74) is 1.40. The first-order chi connectivity index (χ1) is 18.8. The van der Waals surface area contributed by atoms with Crippen LogP contribution in [0.15, 0.2) is 78.9 Å². The quantitative estimate of drug-likeness (QED) is 0.167. The Morgan fingerprint density at radius 3 is 2.05 bits per heavy atom. The molecule has 206 valence electrons. The number of benzene rings is 3. The van der Waals surface area contributed by atoms with E-state index in [9.17, 15) is 24.6 Å². The summed E-state index contributed by atoms with van der Waals surface area (Å²) < 4.78 is 21.5. The second-order valence-corrected chi connectivity index (χ2v) is 8.75. The number of carboxylic acids is 1. The van der Waals surface area contributed by atoms with Crippen LogP contribution in [-0.2, 0) is 32.1 Å². The molecule has 2 atom stereocenters. The molecule has 0 bridgehead atoms. The van der Waals surface area contributed by atoms with E-state index < -0.39 is 29.9 Å². The van der Waals surface area contributed by atoms with Gasteiger partial charge in [0.05, 0.1) is 19.1 Å². The topological polar surface area (TPSA) is 129 Å². The van der Waals surface area contributed by atoms with Crippen molar-refractivity contribution in [1.29, 1.82) is 0 Å². The summed E-state index contributed by atoms with van der Waals surface area (Å²) in [6.07, 6.45) is 0.0451. The van der Waals surface area contributed by atoms with Gasteiger partial charge >= 0.3 is 17.9 Å². The molecule has 2 N–H and O–H groups in total. The zero-order valence-electron chi connectivity index (χ0n) is 21.7. The maximum atomic E-state index is 12.4. The van der Waals surface area contributed by atoms with Crippen molar-refractivity contribution < 1.29 is 43.5 Å². The molecule has 0 spiro atoms. The van der Waals surface area contributed by atoms with Gasteiger partial charge in [-0.3, -0.25) is 14.4 Å². The fourth-order valence-electron chi connectivity index (χ4n) is 3.41. The third-order valence-electron chi connectivity index (χ3n) is 5.71. The molecule has 9 heteroatoms. The lowest BCUT2D eigenvalue weighted by molar-refractivity contribution is -0.159. The Bertz CT molecular complexity index is 1190. The highest BCUT2D eigenvalue weighted by atomic mass is 16.5. The molecule has 9 nitrogen and oxygen atoms in total. The number of aliphatic carboxylic acids is 1. The molecule has 3 rings (SSSR count). The van der Waals surface area contributed by atoms with E-state index in [0.717, 1.165) is 5.56 Å². The van der Waals surface area contributed by atoms with Crippen LogP contribution in [0.2, 0.25) is 0 Å². The van der Waals surface area contributed by atoms with Crippen LogP contribution in [-0.4, -0.2) is 47.4 Å². The van der Waals surface area contributed by atoms with E-state index in [0.29, 0.717) is 29.2 Å². The third-order valence-corrected chi connectivity index (χ3v) is 5.71. The largest absolute Gasteiger partial charge is 0.493 e. The second-order valence-electron chi connectivity index (χ2n) is 8.75. The van der Waals surface area contributed by atoms with Crippen molar-refractivity contribution >= 4 is 17.9 Å². The lowest BCUT2D eigenvalue weighted by atomic mass is 9.99. The standard InChI is InChI=1S/C30H32O9/c1-2-23(31)20-37-25-12-14-26(15-13-25)39-28(32)16-17-36-24-10-8-21(9-11-24)18-27(29(33)34)30(35)38-19-22-6-4-3-5-7-22/h3-15,23,27,31H,2,16-20H2,1H3,(H,33,34). The molecule has 2 unspecified atom stereocenters. The monoisotopic (exact) mass is 536 g/mol. The SMILES string of the molecule is CCC(O)COc1ccc(OC(=O)CCOc2ccc(CC(C(=O)O)C(=O)OCc3ccccc3)cc2)cc1. The van der Waals surface area contributed by atoms with Gasteiger partial charge in [-0.15, -0.1) is 0 Å². The second kappa shape index (κ2) is 15.1. The van der Waals surface area contributed by atoms with E-state index in [1.165, 1.54) is 0 Å². The highest BCUT2D eigenvalue weighted by Gasteiger charge is 2.28. The Hall–Kier alpha value is -4.37. The molecule has 0 aromatic heterocycles. The number of ether oxygens (including phenoxy) is 4. The van der Waals surface area contributed by atoms with Crippen molar-refractivity contribution in [2.24, 2.45) is 5.92 Å². The van der Waals surface area contributed by atoms with Crippen LogP contribution in [0.5, 0.6) is 17.2 Å². The first kappa shape index (κ1) is 29.2. The van der Waals surface area contributed by atoms with Crippen molar-refractivity contribution in [1.82, 2.24) is 0 Å². The number of hydrogen-bond acceptors (Lipinski definition) is 8. The molecule has 0 radical (unpaired) electrons. The Morgan fingerprint density at radius 2 is 1.41 bits per heavy atom. The number of carbonyl (C=O) groups is 3. The number of hydrogen-bond donors (Lipinski definition) is 2. The van der Waals surface area contributed by atoms with Crippen molar-refractivity contribution in [3.8, 4) is 17.2 Å². The molecule has 0 amide bonds. The van der Waals surface area contributed by atoms with Gasteiger partial charge in [0.25, 0.3) is 0 Å². The first-order valence-corrected chi connectivity index (χ1v) is 12.6. The van der Waals surface area contributed by atoms with Gasteiger partial charge in [0, 0.05) is 0 Å². The lowest BCUT2D eigenvalue weighted by Gasteiger charge is -2.13. The molecule has 0 saturated heterocycles. The molecule has 0 aliphatic rings. The van der Waals surface area contributed by atoms with Gasteiger partial charge in [0.1, 0.15) is 30.5 Å². The summed E-state index contributed by atoms with van der Waals surface area (Å²) in [7, 11) is 0. The van der Waals surface area contributed by atoms with E-state index >= 15 is 0 Å². The average Bonchev–Trinajstić information content (AvgIpc) is 2.95. The predicted octanol–water partition coefficient (Wildman–Crippen LogP) is 4.20. The average molecular weight is 537 g/mol. The Kier molecular flexibility index (Phi) is 11.3. The van der Waals surface area contributed by atoms with Crippen LogP contribution < -0.4 is 14.2 Å². The third kappa shape index (κ3) is 10.1. The number of esters is 2. The van der Waals surface area contributed by atoms with E-state index in [1.54, 1.807) is 60.7 Å². The smallest absolute Gasteiger partial charge is 0.320 e. The van der Waals surface area contributed by atoms with Crippen molar-refractivity contribution in [2.75, 3.05) is 13.2 Å². The highest BCUT2D eigenvalue weighted by molar-refractivity contribution is 5.94. The van der Waals surface area contributed by atoms with Crippen molar-refractivity contribution in [2.45, 2.75) is 38.9 Å². The van der Waals surface area contributed by atoms with E-state index in [-0.39, 0.29) is 32.7 Å². The highest BCUT2D eigenvalue weighted by Crippen LogP contribution is 2.20. The minimum absolute atomic E-state index is 0.00243. The van der Waals surface area contributed by atoms with Crippen LogP contribution in [0.4, 0.5) is 0 Å². The first-order valence-electron chi connectivity index (χ1n) is 12.6. The fourth-order valence-corrected chi connectivity index (χ4v) is 3.41. The zero-order valence-corrected chi connectivity index (χ0v) is 21.7. The minimum Gasteiger partial charge on any atom is -0.493 e. The van der Waals surface area contributed by atoms with Gasteiger partial charge in [-0.25, -0.2) is 0 Å². The summed E-state index contributed by atoms with van der Waals surface area (Å²) in [6.45, 7) is 2.14. The Morgan fingerprint density at radius 1 is 0.795 bits per heavy atom. The Labute approximate surface area is 226 Å². The van der Waals surface area contributed by atoms with E-state index in [2.05, 4.69) is 0 Å². The molecule has 3 aromatic rings. The molecule has 39 heavy (non-hydrogen) atoms. The number of carboxylic acid groups (broad SMARTS) is 1. The molecule has 0 aliphatic carbocycles. The van der Waals surface area contributed by atoms with Gasteiger partial charge in [-0.1, -0.05) is 49.4 Å². The molecule has 3 aromatic carbocycles. The van der Waals surface area contributed by atoms with E-state index in [1.807, 2.05) is 25.1 Å². The Balaban J connectivity index is 1.41. The fraction of sp³-hybridized carbons (Fsp3) is 0.300. The van der Waals surface area contributed by atoms with Crippen LogP contribution in [0.3, 0.4) is 0 Å². The van der Waals surface area contributed by atoms with E-state index in [4.69, 9.17) is 18.9 Å². The summed E-state index contributed by atoms with van der Waals surface area (Å²) in [4.78, 5) is 36.1. The van der Waals surface area contributed by atoms with Gasteiger partial charge in [-0.05, 0) is 60.4 Å². The van der Waals surface area contributed by atoms with Crippen LogP contribution >= 0.6 is 0 Å². The van der Waals surface area contributed by atoms with Gasteiger partial charge < -0.3 is 29.2 Å². The number of aliphatic hydroxyl groups is 1. The minimum atomic E-state index is -1.33. The van der Waals surface area contributed by atoms with Gasteiger partial charge in [-0.2, -0.15) is 0 Å². The lowest BCUT2D eigenvalue weighted by Crippen LogP contribution is -2.27.